The molecule has 0 saturated carbocycles. The van der Waals surface area contributed by atoms with Gasteiger partial charge in [-0.15, -0.1) is 0 Å². The lowest BCUT2D eigenvalue weighted by molar-refractivity contribution is -0.136. The van der Waals surface area contributed by atoms with Crippen molar-refractivity contribution in [2.75, 3.05) is 0 Å². The standard InChI is InChI=1S/C9H9N3O2/c1-5-10-4-7-6(2-8(13)14)3-11-9(7)12-5/h3-4H,2H2,1H3,(H,13,14)(H,10,11,12). The zero-order valence-corrected chi connectivity index (χ0v) is 7.61. The van der Waals surface area contributed by atoms with Gasteiger partial charge in [-0.25, -0.2) is 9.97 Å². The Balaban J connectivity index is 2.52. The first-order valence-corrected chi connectivity index (χ1v) is 4.18. The van der Waals surface area contributed by atoms with Gasteiger partial charge < -0.3 is 10.1 Å². The van der Waals surface area contributed by atoms with Gasteiger partial charge in [0.25, 0.3) is 0 Å². The van der Waals surface area contributed by atoms with Crippen molar-refractivity contribution < 1.29 is 9.90 Å². The van der Waals surface area contributed by atoms with Gasteiger partial charge in [0.15, 0.2) is 0 Å². The van der Waals surface area contributed by atoms with Crippen LogP contribution in [0.5, 0.6) is 0 Å². The molecule has 0 fully saturated rings. The third-order valence-corrected chi connectivity index (χ3v) is 1.98. The summed E-state index contributed by atoms with van der Waals surface area (Å²) in [5.74, 6) is -0.187. The molecule has 5 nitrogen and oxygen atoms in total. The minimum absolute atomic E-state index is 0.00752. The first kappa shape index (κ1) is 8.68. The molecule has 0 aromatic carbocycles. The van der Waals surface area contributed by atoms with E-state index in [0.29, 0.717) is 17.0 Å². The molecule has 2 N–H and O–H groups in total. The number of carbonyl (C=O) groups is 1. The summed E-state index contributed by atoms with van der Waals surface area (Å²) in [6.45, 7) is 1.79. The fourth-order valence-electron chi connectivity index (χ4n) is 1.36. The van der Waals surface area contributed by atoms with E-state index in [1.807, 2.05) is 0 Å². The zero-order chi connectivity index (χ0) is 10.1. The first-order valence-electron chi connectivity index (χ1n) is 4.18. The normalized spacial score (nSPS) is 10.6. The van der Waals surface area contributed by atoms with Crippen LogP contribution in [-0.2, 0) is 11.2 Å². The Bertz CT molecular complexity index is 490. The van der Waals surface area contributed by atoms with Gasteiger partial charge in [-0.05, 0) is 12.5 Å². The molecule has 0 amide bonds. The third-order valence-electron chi connectivity index (χ3n) is 1.98. The number of fused-ring (bicyclic) bond motifs is 1. The lowest BCUT2D eigenvalue weighted by Crippen LogP contribution is -1.99. The fourth-order valence-corrected chi connectivity index (χ4v) is 1.36. The molecule has 5 heteroatoms. The number of carboxylic acid groups (broad SMARTS) is 1. The maximum absolute atomic E-state index is 10.5. The van der Waals surface area contributed by atoms with Gasteiger partial charge >= 0.3 is 5.97 Å². The Morgan fingerprint density at radius 2 is 2.43 bits per heavy atom. The Morgan fingerprint density at radius 3 is 3.14 bits per heavy atom. The number of aliphatic carboxylic acids is 1. The smallest absolute Gasteiger partial charge is 0.307 e. The summed E-state index contributed by atoms with van der Waals surface area (Å²) in [6, 6.07) is 0. The van der Waals surface area contributed by atoms with Crippen molar-refractivity contribution in [2.24, 2.45) is 0 Å². The molecule has 0 spiro atoms. The van der Waals surface area contributed by atoms with Gasteiger partial charge in [-0.3, -0.25) is 4.79 Å². The third kappa shape index (κ3) is 1.44. The van der Waals surface area contributed by atoms with Crippen LogP contribution in [-0.4, -0.2) is 26.0 Å². The van der Waals surface area contributed by atoms with Crippen molar-refractivity contribution in [1.29, 1.82) is 0 Å². The van der Waals surface area contributed by atoms with E-state index in [0.717, 1.165) is 5.39 Å². The van der Waals surface area contributed by atoms with Crippen molar-refractivity contribution >= 4 is 17.0 Å². The van der Waals surface area contributed by atoms with Crippen LogP contribution in [0.25, 0.3) is 11.0 Å². The van der Waals surface area contributed by atoms with Crippen LogP contribution in [0.3, 0.4) is 0 Å². The van der Waals surface area contributed by atoms with Crippen LogP contribution in [0, 0.1) is 6.92 Å². The molecule has 0 atom stereocenters. The molecule has 2 rings (SSSR count). The number of aryl methyl sites for hydroxylation is 1. The first-order chi connectivity index (χ1) is 6.66. The molecule has 0 bridgehead atoms. The second-order valence-electron chi connectivity index (χ2n) is 3.06. The quantitative estimate of drug-likeness (QED) is 0.738. The Morgan fingerprint density at radius 1 is 1.64 bits per heavy atom. The van der Waals surface area contributed by atoms with Gasteiger partial charge in [0.05, 0.1) is 6.42 Å². The van der Waals surface area contributed by atoms with Crippen LogP contribution in [0.2, 0.25) is 0 Å². The maximum Gasteiger partial charge on any atom is 0.307 e. The van der Waals surface area contributed by atoms with E-state index in [1.54, 1.807) is 19.3 Å². The highest BCUT2D eigenvalue weighted by atomic mass is 16.4. The molecular weight excluding hydrogens is 182 g/mol. The number of carboxylic acids is 1. The molecular formula is C9H9N3O2. The SMILES string of the molecule is Cc1ncc2c(CC(=O)O)c[nH]c2n1. The number of nitrogens with one attached hydrogen (secondary N) is 1. The van der Waals surface area contributed by atoms with Crippen molar-refractivity contribution in [3.63, 3.8) is 0 Å². The Hall–Kier alpha value is -1.91. The lowest BCUT2D eigenvalue weighted by Gasteiger charge is -1.94. The minimum atomic E-state index is -0.855. The largest absolute Gasteiger partial charge is 0.481 e. The zero-order valence-electron chi connectivity index (χ0n) is 7.61. The topological polar surface area (TPSA) is 78.9 Å². The molecule has 0 aliphatic heterocycles. The van der Waals surface area contributed by atoms with Crippen LogP contribution < -0.4 is 0 Å². The molecule has 2 aromatic heterocycles. The highest BCUT2D eigenvalue weighted by molar-refractivity contribution is 5.83. The summed E-state index contributed by atoms with van der Waals surface area (Å²) in [6.07, 6.45) is 3.30. The molecule has 14 heavy (non-hydrogen) atoms. The van der Waals surface area contributed by atoms with E-state index in [9.17, 15) is 4.79 Å². The van der Waals surface area contributed by atoms with E-state index >= 15 is 0 Å². The molecule has 2 aromatic rings. The average Bonchev–Trinajstić information content (AvgIpc) is 2.47. The van der Waals surface area contributed by atoms with Crippen LogP contribution >= 0.6 is 0 Å². The second-order valence-corrected chi connectivity index (χ2v) is 3.06. The Kier molecular flexibility index (Phi) is 1.92. The molecule has 2 heterocycles. The molecule has 0 saturated heterocycles. The number of rotatable bonds is 2. The van der Waals surface area contributed by atoms with E-state index in [1.165, 1.54) is 0 Å². The molecule has 0 unspecified atom stereocenters. The van der Waals surface area contributed by atoms with Crippen molar-refractivity contribution in [1.82, 2.24) is 15.0 Å². The summed E-state index contributed by atoms with van der Waals surface area (Å²) >= 11 is 0. The van der Waals surface area contributed by atoms with Crippen LogP contribution in [0.1, 0.15) is 11.4 Å². The van der Waals surface area contributed by atoms with E-state index in [2.05, 4.69) is 15.0 Å². The van der Waals surface area contributed by atoms with E-state index < -0.39 is 5.97 Å². The summed E-state index contributed by atoms with van der Waals surface area (Å²) < 4.78 is 0. The predicted octanol–water partition coefficient (Wildman–Crippen LogP) is 0.893. The number of aromatic amines is 1. The van der Waals surface area contributed by atoms with Crippen molar-refractivity contribution in [3.05, 3.63) is 23.8 Å². The van der Waals surface area contributed by atoms with Crippen molar-refractivity contribution in [2.45, 2.75) is 13.3 Å². The fraction of sp³-hybridized carbons (Fsp3) is 0.222. The monoisotopic (exact) mass is 191 g/mol. The highest BCUT2D eigenvalue weighted by Gasteiger charge is 2.08. The predicted molar refractivity (Wildman–Crippen MR) is 50.0 cm³/mol. The second kappa shape index (κ2) is 3.10. The van der Waals surface area contributed by atoms with E-state index in [-0.39, 0.29) is 6.42 Å². The minimum Gasteiger partial charge on any atom is -0.481 e. The number of hydrogen-bond acceptors (Lipinski definition) is 3. The van der Waals surface area contributed by atoms with Gasteiger partial charge in [-0.2, -0.15) is 0 Å². The number of H-pyrrole nitrogens is 1. The van der Waals surface area contributed by atoms with Crippen LogP contribution in [0.4, 0.5) is 0 Å². The molecule has 0 radical (unpaired) electrons. The number of nitrogens with zero attached hydrogens (tertiary/aromatic N) is 2. The van der Waals surface area contributed by atoms with Gasteiger partial charge in [0.1, 0.15) is 11.5 Å². The summed E-state index contributed by atoms with van der Waals surface area (Å²) in [5.41, 5.74) is 1.40. The van der Waals surface area contributed by atoms with Crippen molar-refractivity contribution in [3.8, 4) is 0 Å². The summed E-state index contributed by atoms with van der Waals surface area (Å²) in [7, 11) is 0. The van der Waals surface area contributed by atoms with E-state index in [4.69, 9.17) is 5.11 Å². The summed E-state index contributed by atoms with van der Waals surface area (Å²) in [4.78, 5) is 21.6. The Labute approximate surface area is 79.8 Å². The highest BCUT2D eigenvalue weighted by Crippen LogP contribution is 2.15. The average molecular weight is 191 g/mol. The van der Waals surface area contributed by atoms with Gasteiger partial charge in [0, 0.05) is 17.8 Å². The van der Waals surface area contributed by atoms with Gasteiger partial charge in [0.2, 0.25) is 0 Å². The number of hydrogen-bond donors (Lipinski definition) is 2. The molecule has 72 valence electrons. The lowest BCUT2D eigenvalue weighted by atomic mass is 10.2. The maximum atomic E-state index is 10.5. The van der Waals surface area contributed by atoms with Crippen LogP contribution in [0.15, 0.2) is 12.4 Å². The molecule has 0 aliphatic carbocycles. The number of aromatic nitrogens is 3. The summed E-state index contributed by atoms with van der Waals surface area (Å²) in [5, 5.41) is 9.42. The van der Waals surface area contributed by atoms with Gasteiger partial charge in [-0.1, -0.05) is 0 Å². The molecule has 0 aliphatic rings.